The Hall–Kier alpha value is -1.32. The van der Waals surface area contributed by atoms with E-state index in [4.69, 9.17) is 0 Å². The summed E-state index contributed by atoms with van der Waals surface area (Å²) >= 11 is 0. The van der Waals surface area contributed by atoms with E-state index in [1.54, 1.807) is 0 Å². The quantitative estimate of drug-likeness (QED) is 0.911. The third-order valence-corrected chi connectivity index (χ3v) is 4.71. The third kappa shape index (κ3) is 3.41. The minimum absolute atomic E-state index is 0.211. The summed E-state index contributed by atoms with van der Waals surface area (Å²) in [6.45, 7) is 1.34. The van der Waals surface area contributed by atoms with Crippen molar-refractivity contribution in [3.05, 3.63) is 24.3 Å². The highest BCUT2D eigenvalue weighted by Crippen LogP contribution is 2.31. The van der Waals surface area contributed by atoms with Crippen molar-refractivity contribution in [2.45, 2.75) is 11.3 Å². The maximum absolute atomic E-state index is 12.3. The molecule has 1 saturated heterocycles. The van der Waals surface area contributed by atoms with Gasteiger partial charge in [0, 0.05) is 26.2 Å². The number of hydrogen-bond donors (Lipinski definition) is 1. The lowest BCUT2D eigenvalue weighted by Crippen LogP contribution is -2.46. The van der Waals surface area contributed by atoms with Crippen molar-refractivity contribution in [2.24, 2.45) is 0 Å². The molecule has 0 aliphatic carbocycles. The molecule has 0 saturated carbocycles. The van der Waals surface area contributed by atoms with E-state index < -0.39 is 27.0 Å². The van der Waals surface area contributed by atoms with Gasteiger partial charge >= 0.3 is 6.36 Å². The van der Waals surface area contributed by atoms with Crippen molar-refractivity contribution in [2.75, 3.05) is 26.2 Å². The Morgan fingerprint density at radius 1 is 1.15 bits per heavy atom. The molecule has 1 aliphatic heterocycles. The molecule has 9 heteroatoms. The highest BCUT2D eigenvalue weighted by Gasteiger charge is 2.35. The molecule has 0 radical (unpaired) electrons. The second kappa shape index (κ2) is 5.58. The molecule has 1 fully saturated rings. The zero-order valence-corrected chi connectivity index (χ0v) is 11.2. The molecule has 20 heavy (non-hydrogen) atoms. The summed E-state index contributed by atoms with van der Waals surface area (Å²) in [6.07, 6.45) is -4.94. The van der Waals surface area contributed by atoms with Crippen LogP contribution in [0.5, 0.6) is 5.75 Å². The van der Waals surface area contributed by atoms with Crippen molar-refractivity contribution in [1.29, 1.82) is 0 Å². The van der Waals surface area contributed by atoms with E-state index in [1.165, 1.54) is 12.1 Å². The van der Waals surface area contributed by atoms with Gasteiger partial charge in [0.15, 0.2) is 0 Å². The summed E-state index contributed by atoms with van der Waals surface area (Å²) in [5, 5.41) is 2.97. The van der Waals surface area contributed by atoms with Gasteiger partial charge in [0.25, 0.3) is 0 Å². The average Bonchev–Trinajstić information content (AvgIpc) is 2.38. The first-order chi connectivity index (χ1) is 9.31. The van der Waals surface area contributed by atoms with Gasteiger partial charge in [0.1, 0.15) is 10.6 Å². The summed E-state index contributed by atoms with van der Waals surface area (Å²) in [6, 6.07) is 4.75. The van der Waals surface area contributed by atoms with E-state index in [1.807, 2.05) is 0 Å². The number of sulfonamides is 1. The molecule has 0 spiro atoms. The Balaban J connectivity index is 2.36. The van der Waals surface area contributed by atoms with E-state index >= 15 is 0 Å². The van der Waals surface area contributed by atoms with Gasteiger partial charge in [-0.25, -0.2) is 8.42 Å². The fourth-order valence-corrected chi connectivity index (χ4v) is 3.45. The van der Waals surface area contributed by atoms with Gasteiger partial charge in [0.2, 0.25) is 10.0 Å². The first-order valence-electron chi connectivity index (χ1n) is 5.86. The SMILES string of the molecule is O=S(=O)(c1ccccc1OC(F)(F)F)N1CCNCC1. The Morgan fingerprint density at radius 3 is 2.35 bits per heavy atom. The van der Waals surface area contributed by atoms with Crippen LogP contribution in [0.2, 0.25) is 0 Å². The van der Waals surface area contributed by atoms with Crippen molar-refractivity contribution >= 4 is 10.0 Å². The number of rotatable bonds is 3. The molecule has 0 amide bonds. The van der Waals surface area contributed by atoms with Crippen LogP contribution in [0.15, 0.2) is 29.2 Å². The normalized spacial score (nSPS) is 17.9. The summed E-state index contributed by atoms with van der Waals surface area (Å²) < 4.78 is 66.6. The van der Waals surface area contributed by atoms with Crippen LogP contribution < -0.4 is 10.1 Å². The minimum atomic E-state index is -4.94. The molecule has 1 N–H and O–H groups in total. The van der Waals surface area contributed by atoms with Gasteiger partial charge in [-0.15, -0.1) is 13.2 Å². The fraction of sp³-hybridized carbons (Fsp3) is 0.455. The summed E-state index contributed by atoms with van der Waals surface area (Å²) in [7, 11) is -4.00. The molecule has 0 bridgehead atoms. The van der Waals surface area contributed by atoms with E-state index in [0.717, 1.165) is 16.4 Å². The lowest BCUT2D eigenvalue weighted by Gasteiger charge is -2.27. The Morgan fingerprint density at radius 2 is 1.75 bits per heavy atom. The topological polar surface area (TPSA) is 58.6 Å². The number of nitrogens with zero attached hydrogens (tertiary/aromatic N) is 1. The molecule has 2 rings (SSSR count). The van der Waals surface area contributed by atoms with Gasteiger partial charge in [-0.3, -0.25) is 0 Å². The van der Waals surface area contributed by atoms with Gasteiger partial charge in [-0.1, -0.05) is 12.1 Å². The van der Waals surface area contributed by atoms with E-state index in [9.17, 15) is 21.6 Å². The van der Waals surface area contributed by atoms with Crippen molar-refractivity contribution in [1.82, 2.24) is 9.62 Å². The zero-order valence-electron chi connectivity index (χ0n) is 10.4. The Bertz CT molecular complexity index is 569. The third-order valence-electron chi connectivity index (χ3n) is 2.77. The van der Waals surface area contributed by atoms with Crippen molar-refractivity contribution < 1.29 is 26.3 Å². The molecule has 0 atom stereocenters. The molecule has 1 aliphatic rings. The Kier molecular flexibility index (Phi) is 4.21. The first-order valence-corrected chi connectivity index (χ1v) is 7.30. The maximum Gasteiger partial charge on any atom is 0.573 e. The number of hydrogen-bond acceptors (Lipinski definition) is 4. The monoisotopic (exact) mass is 310 g/mol. The molecule has 1 aromatic rings. The van der Waals surface area contributed by atoms with Crippen LogP contribution in [0.3, 0.4) is 0 Å². The van der Waals surface area contributed by atoms with Gasteiger partial charge in [0.05, 0.1) is 0 Å². The van der Waals surface area contributed by atoms with Crippen LogP contribution in [-0.2, 0) is 10.0 Å². The predicted octanol–water partition coefficient (Wildman–Crippen LogP) is 1.18. The molecular weight excluding hydrogens is 297 g/mol. The van der Waals surface area contributed by atoms with Gasteiger partial charge in [-0.05, 0) is 12.1 Å². The number of nitrogens with one attached hydrogen (secondary N) is 1. The van der Waals surface area contributed by atoms with Crippen LogP contribution in [0, 0.1) is 0 Å². The Labute approximate surface area is 114 Å². The van der Waals surface area contributed by atoms with E-state index in [2.05, 4.69) is 10.1 Å². The lowest BCUT2D eigenvalue weighted by atomic mass is 10.3. The van der Waals surface area contributed by atoms with Crippen LogP contribution in [0.1, 0.15) is 0 Å². The zero-order chi connectivity index (χ0) is 14.8. The summed E-state index contributed by atoms with van der Waals surface area (Å²) in [5.41, 5.74) is 0. The molecule has 112 valence electrons. The second-order valence-electron chi connectivity index (χ2n) is 4.15. The maximum atomic E-state index is 12.3. The molecular formula is C11H13F3N2O3S. The van der Waals surface area contributed by atoms with Gasteiger partial charge < -0.3 is 10.1 Å². The van der Waals surface area contributed by atoms with Crippen LogP contribution >= 0.6 is 0 Å². The summed E-state index contributed by atoms with van der Waals surface area (Å²) in [5.74, 6) is -0.710. The van der Waals surface area contributed by atoms with Crippen molar-refractivity contribution in [3.8, 4) is 5.75 Å². The highest BCUT2D eigenvalue weighted by atomic mass is 32.2. The molecule has 0 aromatic heterocycles. The number of alkyl halides is 3. The lowest BCUT2D eigenvalue weighted by molar-refractivity contribution is -0.275. The number of piperazine rings is 1. The highest BCUT2D eigenvalue weighted by molar-refractivity contribution is 7.89. The largest absolute Gasteiger partial charge is 0.573 e. The van der Waals surface area contributed by atoms with E-state index in [-0.39, 0.29) is 13.1 Å². The first kappa shape index (κ1) is 15.1. The minimum Gasteiger partial charge on any atom is -0.404 e. The number of halogens is 3. The number of para-hydroxylation sites is 1. The van der Waals surface area contributed by atoms with Gasteiger partial charge in [-0.2, -0.15) is 4.31 Å². The van der Waals surface area contributed by atoms with Crippen molar-refractivity contribution in [3.63, 3.8) is 0 Å². The van der Waals surface area contributed by atoms with E-state index in [0.29, 0.717) is 13.1 Å². The van der Waals surface area contributed by atoms with Crippen LogP contribution in [-0.4, -0.2) is 45.3 Å². The van der Waals surface area contributed by atoms with Crippen LogP contribution in [0.25, 0.3) is 0 Å². The summed E-state index contributed by atoms with van der Waals surface area (Å²) in [4.78, 5) is -0.473. The molecule has 0 unspecified atom stereocenters. The average molecular weight is 310 g/mol. The second-order valence-corrected chi connectivity index (χ2v) is 6.05. The number of benzene rings is 1. The van der Waals surface area contributed by atoms with Crippen LogP contribution in [0.4, 0.5) is 13.2 Å². The standard InChI is InChI=1S/C11H13F3N2O3S/c12-11(13,14)19-9-3-1-2-4-10(9)20(17,18)16-7-5-15-6-8-16/h1-4,15H,5-8H2. The fourth-order valence-electron chi connectivity index (χ4n) is 1.90. The smallest absolute Gasteiger partial charge is 0.404 e. The predicted molar refractivity (Wildman–Crippen MR) is 64.8 cm³/mol. The molecule has 5 nitrogen and oxygen atoms in total. The molecule has 1 heterocycles. The molecule has 1 aromatic carbocycles. The number of ether oxygens (including phenoxy) is 1.